The van der Waals surface area contributed by atoms with E-state index in [0.29, 0.717) is 5.92 Å². The van der Waals surface area contributed by atoms with E-state index >= 15 is 0 Å². The van der Waals surface area contributed by atoms with E-state index in [9.17, 15) is 4.79 Å². The van der Waals surface area contributed by atoms with Gasteiger partial charge >= 0.3 is 0 Å². The van der Waals surface area contributed by atoms with Crippen molar-refractivity contribution in [3.05, 3.63) is 0 Å². The highest BCUT2D eigenvalue weighted by Gasteiger charge is 2.40. The minimum atomic E-state index is 0.000917. The molecule has 0 saturated carbocycles. The maximum Gasteiger partial charge on any atom is 0.241 e. The van der Waals surface area contributed by atoms with Crippen LogP contribution in [-0.4, -0.2) is 42.3 Å². The molecule has 4 heteroatoms. The largest absolute Gasteiger partial charge is 0.376 e. The number of carbonyl (C=O) groups is 1. The summed E-state index contributed by atoms with van der Waals surface area (Å²) in [5.74, 6) is 0.694. The van der Waals surface area contributed by atoms with Gasteiger partial charge in [0.05, 0.1) is 18.3 Å². The highest BCUT2D eigenvalue weighted by molar-refractivity contribution is 5.84. The van der Waals surface area contributed by atoms with Crippen molar-refractivity contribution in [2.45, 2.75) is 64.8 Å². The quantitative estimate of drug-likeness (QED) is 0.831. The molecule has 2 heterocycles. The smallest absolute Gasteiger partial charge is 0.241 e. The maximum absolute atomic E-state index is 12.3. The van der Waals surface area contributed by atoms with Crippen molar-refractivity contribution in [3.8, 4) is 0 Å². The van der Waals surface area contributed by atoms with Crippen LogP contribution < -0.4 is 5.32 Å². The lowest BCUT2D eigenvalue weighted by Crippen LogP contribution is -2.46. The van der Waals surface area contributed by atoms with Gasteiger partial charge in [-0.2, -0.15) is 0 Å². The van der Waals surface area contributed by atoms with Crippen molar-refractivity contribution in [3.63, 3.8) is 0 Å². The first-order valence-electron chi connectivity index (χ1n) is 7.31. The van der Waals surface area contributed by atoms with Crippen LogP contribution in [0.2, 0.25) is 0 Å². The predicted octanol–water partition coefficient (Wildman–Crippen LogP) is 1.75. The molecule has 2 saturated heterocycles. The Morgan fingerprint density at radius 2 is 2.22 bits per heavy atom. The van der Waals surface area contributed by atoms with E-state index in [-0.39, 0.29) is 24.2 Å². The highest BCUT2D eigenvalue weighted by atomic mass is 16.5. The van der Waals surface area contributed by atoms with Crippen molar-refractivity contribution in [2.75, 3.05) is 13.2 Å². The van der Waals surface area contributed by atoms with Crippen LogP contribution >= 0.6 is 0 Å². The van der Waals surface area contributed by atoms with E-state index in [1.54, 1.807) is 0 Å². The number of nitrogens with one attached hydrogen (secondary N) is 1. The Morgan fingerprint density at radius 3 is 2.78 bits per heavy atom. The molecule has 0 radical (unpaired) electrons. The monoisotopic (exact) mass is 254 g/mol. The Bertz CT molecular complexity index is 288. The summed E-state index contributed by atoms with van der Waals surface area (Å²) < 4.78 is 5.76. The Labute approximate surface area is 110 Å². The van der Waals surface area contributed by atoms with E-state index in [1.165, 1.54) is 6.42 Å². The van der Waals surface area contributed by atoms with Crippen LogP contribution in [0.3, 0.4) is 0 Å². The molecule has 0 bridgehead atoms. The molecular weight excluding hydrogens is 228 g/mol. The summed E-state index contributed by atoms with van der Waals surface area (Å²) in [6, 6.07) is 0.000917. The number of rotatable bonds is 4. The van der Waals surface area contributed by atoms with Crippen molar-refractivity contribution >= 4 is 5.91 Å². The lowest BCUT2D eigenvalue weighted by atomic mass is 10.1. The average Bonchev–Trinajstić information content (AvgIpc) is 2.68. The van der Waals surface area contributed by atoms with Gasteiger partial charge in [0.2, 0.25) is 5.91 Å². The Morgan fingerprint density at radius 1 is 1.44 bits per heavy atom. The molecule has 2 aliphatic heterocycles. The van der Waals surface area contributed by atoms with Gasteiger partial charge in [-0.3, -0.25) is 10.1 Å². The number of hydrogen-bond donors (Lipinski definition) is 1. The Hall–Kier alpha value is -0.610. The Kier molecular flexibility index (Phi) is 4.62. The van der Waals surface area contributed by atoms with Gasteiger partial charge in [0.1, 0.15) is 0 Å². The van der Waals surface area contributed by atoms with Gasteiger partial charge in [-0.05, 0) is 31.6 Å². The fourth-order valence-corrected chi connectivity index (χ4v) is 2.92. The van der Waals surface area contributed by atoms with Crippen molar-refractivity contribution < 1.29 is 9.53 Å². The molecular formula is C14H26N2O2. The third-order valence-electron chi connectivity index (χ3n) is 4.00. The highest BCUT2D eigenvalue weighted by Crippen LogP contribution is 2.22. The molecule has 2 rings (SSSR count). The van der Waals surface area contributed by atoms with Crippen LogP contribution in [0.5, 0.6) is 0 Å². The normalized spacial score (nSPS) is 33.4. The molecule has 0 aromatic heterocycles. The fraction of sp³-hybridized carbons (Fsp3) is 0.929. The van der Waals surface area contributed by atoms with Gasteiger partial charge in [-0.25, -0.2) is 0 Å². The first-order chi connectivity index (χ1) is 8.63. The second-order valence-electron chi connectivity index (χ2n) is 5.80. The van der Waals surface area contributed by atoms with Crippen molar-refractivity contribution in [1.82, 2.24) is 10.2 Å². The summed E-state index contributed by atoms with van der Waals surface area (Å²) >= 11 is 0. The van der Waals surface area contributed by atoms with Crippen LogP contribution in [0.25, 0.3) is 0 Å². The first-order valence-corrected chi connectivity index (χ1v) is 7.31. The van der Waals surface area contributed by atoms with Crippen LogP contribution in [0.1, 0.15) is 46.5 Å². The number of nitrogens with zero attached hydrogens (tertiary/aromatic N) is 1. The standard InChI is InChI=1S/C14H26N2O2/c1-4-12-14(17)16(13(15-12)10(2)3)9-11-7-5-6-8-18-11/h10-13,15H,4-9H2,1-3H3. The van der Waals surface area contributed by atoms with E-state index in [4.69, 9.17) is 4.74 Å². The molecule has 104 valence electrons. The summed E-state index contributed by atoms with van der Waals surface area (Å²) in [4.78, 5) is 14.3. The zero-order valence-electron chi connectivity index (χ0n) is 11.8. The summed E-state index contributed by atoms with van der Waals surface area (Å²) in [5.41, 5.74) is 0. The topological polar surface area (TPSA) is 41.6 Å². The molecule has 4 nitrogen and oxygen atoms in total. The minimum Gasteiger partial charge on any atom is -0.376 e. The lowest BCUT2D eigenvalue weighted by Gasteiger charge is -2.32. The molecule has 0 aromatic rings. The number of carbonyl (C=O) groups excluding carboxylic acids is 1. The second kappa shape index (κ2) is 6.02. The average molecular weight is 254 g/mol. The lowest BCUT2D eigenvalue weighted by molar-refractivity contribution is -0.133. The van der Waals surface area contributed by atoms with E-state index in [1.807, 2.05) is 4.90 Å². The van der Waals surface area contributed by atoms with Gasteiger partial charge in [-0.15, -0.1) is 0 Å². The molecule has 3 atom stereocenters. The van der Waals surface area contributed by atoms with Crippen LogP contribution in [0.4, 0.5) is 0 Å². The predicted molar refractivity (Wildman–Crippen MR) is 71.1 cm³/mol. The number of hydrogen-bond acceptors (Lipinski definition) is 3. The summed E-state index contributed by atoms with van der Waals surface area (Å²) in [6.45, 7) is 8.00. The number of ether oxygens (including phenoxy) is 1. The molecule has 0 spiro atoms. The van der Waals surface area contributed by atoms with E-state index in [0.717, 1.165) is 32.4 Å². The van der Waals surface area contributed by atoms with E-state index in [2.05, 4.69) is 26.1 Å². The minimum absolute atomic E-state index is 0.000917. The van der Waals surface area contributed by atoms with E-state index < -0.39 is 0 Å². The molecule has 0 aliphatic carbocycles. The molecule has 1 N–H and O–H groups in total. The third-order valence-corrected chi connectivity index (χ3v) is 4.00. The maximum atomic E-state index is 12.3. The first kappa shape index (κ1) is 13.8. The Balaban J connectivity index is 2.00. The zero-order valence-corrected chi connectivity index (χ0v) is 11.8. The summed E-state index contributed by atoms with van der Waals surface area (Å²) in [7, 11) is 0. The summed E-state index contributed by atoms with van der Waals surface area (Å²) in [5, 5.41) is 3.45. The molecule has 3 unspecified atom stereocenters. The fourth-order valence-electron chi connectivity index (χ4n) is 2.92. The van der Waals surface area contributed by atoms with Gasteiger partial charge in [0.15, 0.2) is 0 Å². The van der Waals surface area contributed by atoms with Gasteiger partial charge < -0.3 is 9.64 Å². The SMILES string of the molecule is CCC1NC(C(C)C)N(CC2CCCCO2)C1=O. The summed E-state index contributed by atoms with van der Waals surface area (Å²) in [6.07, 6.45) is 4.75. The molecule has 0 aromatic carbocycles. The number of amides is 1. The van der Waals surface area contributed by atoms with Crippen molar-refractivity contribution in [1.29, 1.82) is 0 Å². The molecule has 2 fully saturated rings. The second-order valence-corrected chi connectivity index (χ2v) is 5.80. The van der Waals surface area contributed by atoms with Gasteiger partial charge in [0, 0.05) is 13.2 Å². The van der Waals surface area contributed by atoms with Crippen LogP contribution in [-0.2, 0) is 9.53 Å². The molecule has 2 aliphatic rings. The van der Waals surface area contributed by atoms with Gasteiger partial charge in [0.25, 0.3) is 0 Å². The zero-order chi connectivity index (χ0) is 13.1. The van der Waals surface area contributed by atoms with Crippen LogP contribution in [0, 0.1) is 5.92 Å². The molecule has 1 amide bonds. The van der Waals surface area contributed by atoms with Crippen molar-refractivity contribution in [2.24, 2.45) is 5.92 Å². The molecule has 18 heavy (non-hydrogen) atoms. The third kappa shape index (κ3) is 2.86. The van der Waals surface area contributed by atoms with Crippen LogP contribution in [0.15, 0.2) is 0 Å². The van der Waals surface area contributed by atoms with Gasteiger partial charge in [-0.1, -0.05) is 20.8 Å².